The van der Waals surface area contributed by atoms with E-state index in [-0.39, 0.29) is 22.9 Å². The Kier molecular flexibility index (Phi) is 6.46. The molecule has 0 saturated heterocycles. The molecule has 2 rings (SSSR count). The normalized spacial score (nSPS) is 12.4. The first-order valence-corrected chi connectivity index (χ1v) is 8.49. The van der Waals surface area contributed by atoms with Crippen molar-refractivity contribution in [1.29, 1.82) is 0 Å². The molecular weight excluding hydrogens is 392 g/mol. The van der Waals surface area contributed by atoms with Crippen LogP contribution in [0.5, 0.6) is 0 Å². The molecule has 0 unspecified atom stereocenters. The Morgan fingerprint density at radius 1 is 1.48 bits per heavy atom. The Morgan fingerprint density at radius 3 is 2.80 bits per heavy atom. The number of aryl methyl sites for hydroxylation is 1. The number of aliphatic hydroxyl groups is 1. The van der Waals surface area contributed by atoms with Crippen LogP contribution in [-0.4, -0.2) is 33.9 Å². The number of rotatable bonds is 5. The average molecular weight is 404 g/mol. The molecule has 10 heteroatoms. The molecule has 0 aliphatic heterocycles. The van der Waals surface area contributed by atoms with Gasteiger partial charge in [-0.15, -0.1) is 11.3 Å². The summed E-state index contributed by atoms with van der Waals surface area (Å²) in [5.41, 5.74) is -0.534. The van der Waals surface area contributed by atoms with Crippen molar-refractivity contribution in [2.75, 3.05) is 6.61 Å². The molecule has 0 amide bonds. The third-order valence-electron chi connectivity index (χ3n) is 2.81. The second-order valence-electron chi connectivity index (χ2n) is 4.59. The molecule has 25 heavy (non-hydrogen) atoms. The lowest BCUT2D eigenvalue weighted by Gasteiger charge is -2.08. The SMILES string of the molecule is CCOC(=O)C(/C=N/c1ncc(C)s1)=C(\O)c1cc(F)c(Cl)nc1Cl. The zero-order valence-corrected chi connectivity index (χ0v) is 15.4. The Labute approximate surface area is 156 Å². The van der Waals surface area contributed by atoms with Gasteiger partial charge in [0.05, 0.1) is 12.2 Å². The summed E-state index contributed by atoms with van der Waals surface area (Å²) in [5.74, 6) is -2.39. The highest BCUT2D eigenvalue weighted by molar-refractivity contribution is 7.15. The summed E-state index contributed by atoms with van der Waals surface area (Å²) in [7, 11) is 0. The van der Waals surface area contributed by atoms with E-state index in [9.17, 15) is 14.3 Å². The molecule has 2 heterocycles. The molecule has 0 radical (unpaired) electrons. The van der Waals surface area contributed by atoms with Gasteiger partial charge >= 0.3 is 5.97 Å². The van der Waals surface area contributed by atoms with Crippen LogP contribution < -0.4 is 0 Å². The van der Waals surface area contributed by atoms with E-state index >= 15 is 0 Å². The fourth-order valence-corrected chi connectivity index (χ4v) is 2.71. The number of hydrogen-bond donors (Lipinski definition) is 1. The van der Waals surface area contributed by atoms with Crippen LogP contribution in [0.25, 0.3) is 5.76 Å². The minimum absolute atomic E-state index is 0.0702. The Hall–Kier alpha value is -2.03. The van der Waals surface area contributed by atoms with E-state index in [2.05, 4.69) is 15.0 Å². The van der Waals surface area contributed by atoms with Crippen LogP contribution in [0.4, 0.5) is 9.52 Å². The van der Waals surface area contributed by atoms with Crippen molar-refractivity contribution in [1.82, 2.24) is 9.97 Å². The molecule has 0 spiro atoms. The van der Waals surface area contributed by atoms with Crippen LogP contribution in [0.1, 0.15) is 17.4 Å². The summed E-state index contributed by atoms with van der Waals surface area (Å²) in [5, 5.41) is 10.0. The number of aliphatic imine (C=N–C) groups is 1. The topological polar surface area (TPSA) is 84.7 Å². The lowest BCUT2D eigenvalue weighted by molar-refractivity contribution is -0.137. The van der Waals surface area contributed by atoms with E-state index in [0.29, 0.717) is 5.13 Å². The highest BCUT2D eigenvalue weighted by Crippen LogP contribution is 2.27. The summed E-state index contributed by atoms with van der Waals surface area (Å²) in [6.07, 6.45) is 2.69. The van der Waals surface area contributed by atoms with Gasteiger partial charge in [0, 0.05) is 17.3 Å². The van der Waals surface area contributed by atoms with Gasteiger partial charge in [-0.3, -0.25) is 0 Å². The number of aliphatic hydroxyl groups excluding tert-OH is 1. The molecule has 0 fully saturated rings. The summed E-state index contributed by atoms with van der Waals surface area (Å²) in [6.45, 7) is 3.52. The number of hydrogen-bond acceptors (Lipinski definition) is 7. The molecule has 0 atom stereocenters. The van der Waals surface area contributed by atoms with Crippen LogP contribution in [0, 0.1) is 12.7 Å². The number of ether oxygens (including phenoxy) is 1. The van der Waals surface area contributed by atoms with Gasteiger partial charge in [-0.1, -0.05) is 23.2 Å². The number of thiazole rings is 1. The predicted molar refractivity (Wildman–Crippen MR) is 95.4 cm³/mol. The van der Waals surface area contributed by atoms with Gasteiger partial charge in [-0.2, -0.15) is 0 Å². The molecule has 2 aromatic heterocycles. The van der Waals surface area contributed by atoms with E-state index in [1.165, 1.54) is 11.3 Å². The minimum Gasteiger partial charge on any atom is -0.506 e. The zero-order valence-electron chi connectivity index (χ0n) is 13.1. The van der Waals surface area contributed by atoms with Crippen molar-refractivity contribution in [2.24, 2.45) is 4.99 Å². The molecule has 0 aromatic carbocycles. The van der Waals surface area contributed by atoms with Crippen LogP contribution in [0.15, 0.2) is 22.8 Å². The fourth-order valence-electron chi connectivity index (χ4n) is 1.70. The smallest absolute Gasteiger partial charge is 0.343 e. The van der Waals surface area contributed by atoms with Crippen molar-refractivity contribution < 1.29 is 19.0 Å². The molecule has 0 bridgehead atoms. The third-order valence-corrected chi connectivity index (χ3v) is 4.18. The number of halogens is 3. The van der Waals surface area contributed by atoms with Gasteiger partial charge in [-0.25, -0.2) is 24.1 Å². The van der Waals surface area contributed by atoms with Crippen molar-refractivity contribution in [3.05, 3.63) is 44.4 Å². The van der Waals surface area contributed by atoms with E-state index in [1.807, 2.05) is 6.92 Å². The van der Waals surface area contributed by atoms with Crippen molar-refractivity contribution in [3.63, 3.8) is 0 Å². The summed E-state index contributed by atoms with van der Waals surface area (Å²) in [6, 6.07) is 0.869. The van der Waals surface area contributed by atoms with E-state index in [0.717, 1.165) is 17.2 Å². The quantitative estimate of drug-likeness (QED) is 0.260. The molecule has 0 saturated carbocycles. The monoisotopic (exact) mass is 403 g/mol. The van der Waals surface area contributed by atoms with Crippen LogP contribution in [0.2, 0.25) is 10.3 Å². The second-order valence-corrected chi connectivity index (χ2v) is 6.52. The van der Waals surface area contributed by atoms with Gasteiger partial charge in [0.25, 0.3) is 0 Å². The van der Waals surface area contributed by atoms with Crippen molar-refractivity contribution >= 4 is 57.6 Å². The second kappa shape index (κ2) is 8.37. The number of pyridine rings is 1. The number of nitrogens with zero attached hydrogens (tertiary/aromatic N) is 3. The minimum atomic E-state index is -0.900. The highest BCUT2D eigenvalue weighted by atomic mass is 35.5. The summed E-state index contributed by atoms with van der Waals surface area (Å²) in [4.78, 5) is 24.6. The Bertz CT molecular complexity index is 868. The first-order chi connectivity index (χ1) is 11.8. The van der Waals surface area contributed by atoms with Crippen LogP contribution >= 0.6 is 34.5 Å². The third kappa shape index (κ3) is 4.75. The molecule has 0 aliphatic rings. The molecule has 132 valence electrons. The molecular formula is C15H12Cl2FN3O3S. The fraction of sp³-hybridized carbons (Fsp3) is 0.200. The van der Waals surface area contributed by atoms with Crippen LogP contribution in [0.3, 0.4) is 0 Å². The van der Waals surface area contributed by atoms with Crippen molar-refractivity contribution in [3.8, 4) is 0 Å². The number of carbonyl (C=O) groups excluding carboxylic acids is 1. The largest absolute Gasteiger partial charge is 0.506 e. The zero-order chi connectivity index (χ0) is 18.6. The predicted octanol–water partition coefficient (Wildman–Crippen LogP) is 4.53. The lowest BCUT2D eigenvalue weighted by atomic mass is 10.1. The maximum absolute atomic E-state index is 13.6. The van der Waals surface area contributed by atoms with E-state index in [4.69, 9.17) is 27.9 Å². The highest BCUT2D eigenvalue weighted by Gasteiger charge is 2.20. The first-order valence-electron chi connectivity index (χ1n) is 6.92. The van der Waals surface area contributed by atoms with Gasteiger partial charge in [0.2, 0.25) is 5.13 Å². The average Bonchev–Trinajstić information content (AvgIpc) is 2.96. The van der Waals surface area contributed by atoms with Gasteiger partial charge in [0.15, 0.2) is 11.0 Å². The Balaban J connectivity index is 2.52. The number of esters is 1. The van der Waals surface area contributed by atoms with Gasteiger partial charge < -0.3 is 9.84 Å². The maximum Gasteiger partial charge on any atom is 0.343 e. The molecule has 2 aromatic rings. The van der Waals surface area contributed by atoms with E-state index < -0.39 is 22.7 Å². The van der Waals surface area contributed by atoms with Gasteiger partial charge in [-0.05, 0) is 19.9 Å². The first kappa shape index (κ1) is 19.3. The summed E-state index contributed by atoms with van der Waals surface area (Å²) < 4.78 is 18.5. The lowest BCUT2D eigenvalue weighted by Crippen LogP contribution is -2.11. The van der Waals surface area contributed by atoms with Crippen LogP contribution in [-0.2, 0) is 9.53 Å². The van der Waals surface area contributed by atoms with E-state index in [1.54, 1.807) is 13.1 Å². The van der Waals surface area contributed by atoms with Crippen molar-refractivity contribution in [2.45, 2.75) is 13.8 Å². The summed E-state index contributed by atoms with van der Waals surface area (Å²) >= 11 is 12.7. The number of carbonyl (C=O) groups is 1. The number of aromatic nitrogens is 2. The molecule has 0 aliphatic carbocycles. The standard InChI is InChI=1S/C15H12Cl2FN3O3S/c1-3-24-14(23)9(6-20-15-19-5-7(2)25-15)11(22)8-4-10(18)13(17)21-12(8)16/h4-6,22H,3H2,1-2H3/b11-9-,20-6+. The van der Waals surface area contributed by atoms with Gasteiger partial charge in [0.1, 0.15) is 16.5 Å². The Morgan fingerprint density at radius 2 is 2.20 bits per heavy atom. The molecule has 6 nitrogen and oxygen atoms in total. The maximum atomic E-state index is 13.6. The molecule has 1 N–H and O–H groups in total.